The van der Waals surface area contributed by atoms with Crippen LogP contribution >= 0.6 is 12.4 Å². The van der Waals surface area contributed by atoms with Crippen LogP contribution in [0.2, 0.25) is 0 Å². The van der Waals surface area contributed by atoms with Crippen molar-refractivity contribution in [1.29, 1.82) is 0 Å². The molecule has 190 valence electrons. The number of carbonyl (C=O) groups excluding carboxylic acids is 1. The second kappa shape index (κ2) is 9.86. The first-order valence-electron chi connectivity index (χ1n) is 12.5. The van der Waals surface area contributed by atoms with Crippen LogP contribution in [0.1, 0.15) is 57.4 Å². The van der Waals surface area contributed by atoms with Gasteiger partial charge < -0.3 is 15.1 Å². The topological polar surface area (TPSA) is 38.8 Å². The van der Waals surface area contributed by atoms with Crippen molar-refractivity contribution < 1.29 is 18.0 Å². The number of hydrogen-bond acceptors (Lipinski definition) is 4. The standard InChI is InChI=1S/C25H35F3N4O.ClH/c1-18-3-2-13-31(18)19-6-14-30(15-7-19)20-4-5-22(21(17-20)25(26,27)28)32-16-10-24(23(32)33)8-11-29-12-9-24;/h4-5,17-19,29H,2-3,6-16H2,1H3;1H/t18-;/m0./s1. The van der Waals surface area contributed by atoms with Gasteiger partial charge in [0.25, 0.3) is 0 Å². The first kappa shape index (κ1) is 25.6. The van der Waals surface area contributed by atoms with Gasteiger partial charge in [0.2, 0.25) is 5.91 Å². The lowest BCUT2D eigenvalue weighted by atomic mass is 9.77. The molecule has 1 aromatic rings. The smallest absolute Gasteiger partial charge is 0.371 e. The fourth-order valence-electron chi connectivity index (χ4n) is 6.56. The van der Waals surface area contributed by atoms with Gasteiger partial charge in [-0.1, -0.05) is 0 Å². The summed E-state index contributed by atoms with van der Waals surface area (Å²) >= 11 is 0. The average molecular weight is 501 g/mol. The zero-order chi connectivity index (χ0) is 23.2. The molecule has 4 fully saturated rings. The molecule has 0 bridgehead atoms. The van der Waals surface area contributed by atoms with Crippen molar-refractivity contribution in [3.8, 4) is 0 Å². The molecule has 5 rings (SSSR count). The first-order chi connectivity index (χ1) is 15.8. The second-order valence-corrected chi connectivity index (χ2v) is 10.4. The molecule has 5 nitrogen and oxygen atoms in total. The lowest BCUT2D eigenvalue weighted by molar-refractivity contribution is -0.137. The second-order valence-electron chi connectivity index (χ2n) is 10.4. The molecule has 1 N–H and O–H groups in total. The number of rotatable bonds is 3. The Hall–Kier alpha value is -1.51. The molecule has 0 aliphatic carbocycles. The van der Waals surface area contributed by atoms with E-state index in [0.717, 1.165) is 45.6 Å². The molecule has 1 amide bonds. The van der Waals surface area contributed by atoms with Gasteiger partial charge in [0.15, 0.2) is 0 Å². The highest BCUT2D eigenvalue weighted by atomic mass is 35.5. The summed E-state index contributed by atoms with van der Waals surface area (Å²) in [7, 11) is 0. The molecular formula is C25H36ClF3N4O. The van der Waals surface area contributed by atoms with Crippen molar-refractivity contribution in [1.82, 2.24) is 10.2 Å². The van der Waals surface area contributed by atoms with Crippen LogP contribution in [0.5, 0.6) is 0 Å². The number of halogens is 4. The monoisotopic (exact) mass is 500 g/mol. The fraction of sp³-hybridized carbons (Fsp3) is 0.720. The normalized spacial score (nSPS) is 26.4. The maximum absolute atomic E-state index is 14.1. The molecule has 4 aliphatic heterocycles. The minimum Gasteiger partial charge on any atom is -0.371 e. The van der Waals surface area contributed by atoms with E-state index >= 15 is 0 Å². The fourth-order valence-corrected chi connectivity index (χ4v) is 6.56. The largest absolute Gasteiger partial charge is 0.418 e. The third kappa shape index (κ3) is 4.65. The Kier molecular flexibility index (Phi) is 7.42. The first-order valence-corrected chi connectivity index (χ1v) is 12.5. The predicted octanol–water partition coefficient (Wildman–Crippen LogP) is 4.69. The van der Waals surface area contributed by atoms with E-state index in [4.69, 9.17) is 0 Å². The summed E-state index contributed by atoms with van der Waals surface area (Å²) in [4.78, 5) is 19.3. The zero-order valence-electron chi connectivity index (χ0n) is 19.9. The third-order valence-corrected chi connectivity index (χ3v) is 8.55. The Balaban J connectivity index is 0.00000274. The Morgan fingerprint density at radius 2 is 1.71 bits per heavy atom. The highest BCUT2D eigenvalue weighted by Gasteiger charge is 2.49. The van der Waals surface area contributed by atoms with Crippen LogP contribution in [0.3, 0.4) is 0 Å². The molecule has 1 atom stereocenters. The molecule has 0 saturated carbocycles. The van der Waals surface area contributed by atoms with Crippen molar-refractivity contribution in [3.63, 3.8) is 0 Å². The summed E-state index contributed by atoms with van der Waals surface area (Å²) in [5.74, 6) is -0.136. The number of amides is 1. The average Bonchev–Trinajstić information content (AvgIpc) is 3.37. The molecular weight excluding hydrogens is 465 g/mol. The Morgan fingerprint density at radius 3 is 2.32 bits per heavy atom. The van der Waals surface area contributed by atoms with E-state index in [2.05, 4.69) is 22.0 Å². The van der Waals surface area contributed by atoms with Crippen LogP contribution in [0.4, 0.5) is 24.5 Å². The number of nitrogens with one attached hydrogen (secondary N) is 1. The summed E-state index contributed by atoms with van der Waals surface area (Å²) in [5, 5.41) is 3.25. The molecule has 4 heterocycles. The number of benzene rings is 1. The van der Waals surface area contributed by atoms with Gasteiger partial charge in [-0.15, -0.1) is 12.4 Å². The van der Waals surface area contributed by atoms with Gasteiger partial charge in [-0.05, 0) is 89.7 Å². The number of alkyl halides is 3. The lowest BCUT2D eigenvalue weighted by Gasteiger charge is -2.40. The molecule has 34 heavy (non-hydrogen) atoms. The number of carbonyl (C=O) groups is 1. The molecule has 9 heteroatoms. The van der Waals surface area contributed by atoms with Crippen molar-refractivity contribution in [2.24, 2.45) is 5.41 Å². The van der Waals surface area contributed by atoms with E-state index in [1.807, 2.05) is 0 Å². The van der Waals surface area contributed by atoms with Gasteiger partial charge in [-0.3, -0.25) is 9.69 Å². The number of anilines is 2. The van der Waals surface area contributed by atoms with Gasteiger partial charge in [-0.2, -0.15) is 13.2 Å². The number of nitrogens with zero attached hydrogens (tertiary/aromatic N) is 3. The quantitative estimate of drug-likeness (QED) is 0.653. The Bertz CT molecular complexity index is 881. The maximum atomic E-state index is 14.1. The summed E-state index contributed by atoms with van der Waals surface area (Å²) in [6, 6.07) is 5.73. The number of hydrogen-bond donors (Lipinski definition) is 1. The van der Waals surface area contributed by atoms with E-state index in [9.17, 15) is 18.0 Å². The van der Waals surface area contributed by atoms with Crippen LogP contribution < -0.4 is 15.1 Å². The van der Waals surface area contributed by atoms with Crippen LogP contribution in [0.15, 0.2) is 18.2 Å². The summed E-state index contributed by atoms with van der Waals surface area (Å²) in [6.45, 7) is 6.81. The van der Waals surface area contributed by atoms with Crippen LogP contribution in [0.25, 0.3) is 0 Å². The van der Waals surface area contributed by atoms with Gasteiger partial charge in [0.05, 0.1) is 16.7 Å². The molecule has 4 saturated heterocycles. The van der Waals surface area contributed by atoms with Gasteiger partial charge in [0.1, 0.15) is 0 Å². The van der Waals surface area contributed by atoms with Crippen molar-refractivity contribution in [2.75, 3.05) is 49.1 Å². The van der Waals surface area contributed by atoms with E-state index in [1.165, 1.54) is 29.9 Å². The van der Waals surface area contributed by atoms with Crippen molar-refractivity contribution >= 4 is 29.7 Å². The molecule has 0 radical (unpaired) electrons. The summed E-state index contributed by atoms with van der Waals surface area (Å²) < 4.78 is 42.4. The van der Waals surface area contributed by atoms with E-state index in [-0.39, 0.29) is 24.0 Å². The molecule has 0 unspecified atom stereocenters. The van der Waals surface area contributed by atoms with Gasteiger partial charge >= 0.3 is 6.18 Å². The lowest BCUT2D eigenvalue weighted by Crippen LogP contribution is -2.46. The maximum Gasteiger partial charge on any atom is 0.418 e. The van der Waals surface area contributed by atoms with E-state index in [0.29, 0.717) is 43.6 Å². The highest BCUT2D eigenvalue weighted by Crippen LogP contribution is 2.46. The Morgan fingerprint density at radius 1 is 1.00 bits per heavy atom. The number of piperidine rings is 2. The summed E-state index contributed by atoms with van der Waals surface area (Å²) in [5.41, 5.74) is -0.550. The molecule has 4 aliphatic rings. The molecule has 1 aromatic carbocycles. The van der Waals surface area contributed by atoms with E-state index in [1.54, 1.807) is 6.07 Å². The predicted molar refractivity (Wildman–Crippen MR) is 131 cm³/mol. The van der Waals surface area contributed by atoms with E-state index < -0.39 is 17.2 Å². The van der Waals surface area contributed by atoms with Crippen LogP contribution in [-0.4, -0.2) is 62.2 Å². The summed E-state index contributed by atoms with van der Waals surface area (Å²) in [6.07, 6.45) is 1.98. The highest BCUT2D eigenvalue weighted by molar-refractivity contribution is 6.00. The number of likely N-dealkylation sites (tertiary alicyclic amines) is 1. The minimum absolute atomic E-state index is 0. The van der Waals surface area contributed by atoms with Crippen LogP contribution in [-0.2, 0) is 11.0 Å². The van der Waals surface area contributed by atoms with Crippen molar-refractivity contribution in [2.45, 2.75) is 70.1 Å². The SMILES string of the molecule is C[C@H]1CCCN1C1CCN(c2ccc(N3CCC4(CCNCC4)C3=O)c(C(F)(F)F)c2)CC1.Cl. The Labute approximate surface area is 206 Å². The van der Waals surface area contributed by atoms with Crippen molar-refractivity contribution in [3.05, 3.63) is 23.8 Å². The molecule has 1 spiro atoms. The minimum atomic E-state index is -4.50. The third-order valence-electron chi connectivity index (χ3n) is 8.55. The van der Waals surface area contributed by atoms with Gasteiger partial charge in [0, 0.05) is 37.4 Å². The zero-order valence-corrected chi connectivity index (χ0v) is 20.7. The van der Waals surface area contributed by atoms with Gasteiger partial charge in [-0.25, -0.2) is 0 Å². The molecule has 0 aromatic heterocycles. The van der Waals surface area contributed by atoms with Crippen LogP contribution in [0, 0.1) is 5.41 Å².